The van der Waals surface area contributed by atoms with Crippen molar-refractivity contribution in [3.63, 3.8) is 0 Å². The highest BCUT2D eigenvalue weighted by atomic mass is 17.2. The van der Waals surface area contributed by atoms with Gasteiger partial charge in [0.2, 0.25) is 0 Å². The summed E-state index contributed by atoms with van der Waals surface area (Å²) in [6, 6.07) is 6.54. The minimum atomic E-state index is -0.523. The Morgan fingerprint density at radius 2 is 1.77 bits per heavy atom. The van der Waals surface area contributed by atoms with E-state index in [2.05, 4.69) is 9.78 Å². The summed E-state index contributed by atoms with van der Waals surface area (Å²) in [4.78, 5) is 19.6. The van der Waals surface area contributed by atoms with Crippen LogP contribution in [0.15, 0.2) is 24.3 Å². The Labute approximate surface area is 76.0 Å². The Balaban J connectivity index is 2.74. The van der Waals surface area contributed by atoms with Crippen LogP contribution in [0.4, 0.5) is 0 Å². The lowest BCUT2D eigenvalue weighted by molar-refractivity contribution is -0.216. The van der Waals surface area contributed by atoms with Gasteiger partial charge in [0, 0.05) is 0 Å². The first kappa shape index (κ1) is 9.54. The molecule has 0 heterocycles. The SMILES string of the molecule is COOC(=O)c1ccc(OC)cc1. The summed E-state index contributed by atoms with van der Waals surface area (Å²) in [5.74, 6) is 0.166. The Hall–Kier alpha value is -1.55. The molecule has 0 saturated carbocycles. The van der Waals surface area contributed by atoms with Gasteiger partial charge in [0.1, 0.15) is 5.75 Å². The molecule has 1 rings (SSSR count). The van der Waals surface area contributed by atoms with Gasteiger partial charge in [0.25, 0.3) is 0 Å². The Morgan fingerprint density at radius 1 is 1.15 bits per heavy atom. The van der Waals surface area contributed by atoms with E-state index < -0.39 is 5.97 Å². The van der Waals surface area contributed by atoms with Gasteiger partial charge in [-0.3, -0.25) is 4.89 Å². The molecule has 4 heteroatoms. The van der Waals surface area contributed by atoms with Crippen LogP contribution in [-0.2, 0) is 9.78 Å². The van der Waals surface area contributed by atoms with Crippen molar-refractivity contribution in [3.05, 3.63) is 29.8 Å². The first-order valence-corrected chi connectivity index (χ1v) is 3.67. The molecule has 0 N–H and O–H groups in total. The third-order valence-electron chi connectivity index (χ3n) is 1.48. The van der Waals surface area contributed by atoms with E-state index in [-0.39, 0.29) is 0 Å². The molecule has 0 aliphatic carbocycles. The topological polar surface area (TPSA) is 44.8 Å². The predicted octanol–water partition coefficient (Wildman–Crippen LogP) is 1.41. The average molecular weight is 182 g/mol. The number of methoxy groups -OCH3 is 1. The Bertz CT molecular complexity index is 278. The monoisotopic (exact) mass is 182 g/mol. The van der Waals surface area contributed by atoms with Crippen molar-refractivity contribution in [2.45, 2.75) is 0 Å². The number of benzene rings is 1. The molecule has 0 radical (unpaired) electrons. The van der Waals surface area contributed by atoms with E-state index in [0.717, 1.165) is 0 Å². The lowest BCUT2D eigenvalue weighted by Gasteiger charge is -2.01. The summed E-state index contributed by atoms with van der Waals surface area (Å²) in [6.45, 7) is 0. The Morgan fingerprint density at radius 3 is 2.23 bits per heavy atom. The minimum Gasteiger partial charge on any atom is -0.497 e. The van der Waals surface area contributed by atoms with E-state index in [1.807, 2.05) is 0 Å². The zero-order valence-electron chi connectivity index (χ0n) is 7.44. The number of ether oxygens (including phenoxy) is 1. The molecule has 0 atom stereocenters. The third kappa shape index (κ3) is 2.45. The second-order valence-electron chi connectivity index (χ2n) is 2.27. The lowest BCUT2D eigenvalue weighted by atomic mass is 10.2. The fraction of sp³-hybridized carbons (Fsp3) is 0.222. The zero-order chi connectivity index (χ0) is 9.68. The standard InChI is InChI=1S/C9H10O4/c1-11-8-5-3-7(4-6-8)9(10)13-12-2/h3-6H,1-2H3. The molecule has 0 aromatic heterocycles. The molecule has 1 aromatic rings. The molecule has 0 aliphatic heterocycles. The fourth-order valence-corrected chi connectivity index (χ4v) is 0.851. The maximum Gasteiger partial charge on any atom is 0.373 e. The predicted molar refractivity (Wildman–Crippen MR) is 45.4 cm³/mol. The van der Waals surface area contributed by atoms with E-state index in [0.29, 0.717) is 11.3 Å². The highest BCUT2D eigenvalue weighted by Gasteiger charge is 2.06. The van der Waals surface area contributed by atoms with E-state index in [9.17, 15) is 4.79 Å². The molecule has 4 nitrogen and oxygen atoms in total. The van der Waals surface area contributed by atoms with Crippen LogP contribution in [0.2, 0.25) is 0 Å². The van der Waals surface area contributed by atoms with E-state index in [1.54, 1.807) is 31.4 Å². The van der Waals surface area contributed by atoms with Gasteiger partial charge in [-0.25, -0.2) is 4.79 Å². The smallest absolute Gasteiger partial charge is 0.373 e. The number of carbonyl (C=O) groups is 1. The quantitative estimate of drug-likeness (QED) is 0.523. The van der Waals surface area contributed by atoms with Crippen molar-refractivity contribution in [2.24, 2.45) is 0 Å². The molecule has 1 aromatic carbocycles. The minimum absolute atomic E-state index is 0.419. The summed E-state index contributed by atoms with van der Waals surface area (Å²) in [5.41, 5.74) is 0.419. The summed E-state index contributed by atoms with van der Waals surface area (Å²) in [6.07, 6.45) is 0. The summed E-state index contributed by atoms with van der Waals surface area (Å²) in [5, 5.41) is 0. The highest BCUT2D eigenvalue weighted by Crippen LogP contribution is 2.11. The number of hydrogen-bond donors (Lipinski definition) is 0. The van der Waals surface area contributed by atoms with Crippen LogP contribution in [0.1, 0.15) is 10.4 Å². The molecule has 0 unspecified atom stereocenters. The lowest BCUT2D eigenvalue weighted by Crippen LogP contribution is -2.03. The second kappa shape index (κ2) is 4.47. The van der Waals surface area contributed by atoms with Gasteiger partial charge in [-0.15, -0.1) is 0 Å². The maximum atomic E-state index is 11.1. The van der Waals surface area contributed by atoms with Gasteiger partial charge in [0.15, 0.2) is 0 Å². The fourth-order valence-electron chi connectivity index (χ4n) is 0.851. The van der Waals surface area contributed by atoms with Crippen molar-refractivity contribution in [1.82, 2.24) is 0 Å². The molecule has 0 aliphatic rings. The van der Waals surface area contributed by atoms with Gasteiger partial charge in [-0.05, 0) is 24.3 Å². The van der Waals surface area contributed by atoms with Crippen LogP contribution < -0.4 is 4.74 Å². The van der Waals surface area contributed by atoms with Crippen molar-refractivity contribution in [1.29, 1.82) is 0 Å². The van der Waals surface area contributed by atoms with Crippen molar-refractivity contribution < 1.29 is 19.3 Å². The zero-order valence-corrected chi connectivity index (χ0v) is 7.44. The molecule has 0 spiro atoms. The van der Waals surface area contributed by atoms with Crippen molar-refractivity contribution in [3.8, 4) is 5.75 Å². The van der Waals surface area contributed by atoms with Gasteiger partial charge in [-0.2, -0.15) is 4.89 Å². The second-order valence-corrected chi connectivity index (χ2v) is 2.27. The van der Waals surface area contributed by atoms with Crippen molar-refractivity contribution >= 4 is 5.97 Å². The highest BCUT2D eigenvalue weighted by molar-refractivity contribution is 5.89. The largest absolute Gasteiger partial charge is 0.497 e. The van der Waals surface area contributed by atoms with Crippen LogP contribution in [0.25, 0.3) is 0 Å². The van der Waals surface area contributed by atoms with Gasteiger partial charge >= 0.3 is 5.97 Å². The van der Waals surface area contributed by atoms with E-state index in [1.165, 1.54) is 7.11 Å². The van der Waals surface area contributed by atoms with Gasteiger partial charge in [0.05, 0.1) is 19.8 Å². The van der Waals surface area contributed by atoms with E-state index >= 15 is 0 Å². The number of carbonyl (C=O) groups excluding carboxylic acids is 1. The number of rotatable bonds is 3. The average Bonchev–Trinajstić information content (AvgIpc) is 2.18. The summed E-state index contributed by atoms with van der Waals surface area (Å²) >= 11 is 0. The molecule has 13 heavy (non-hydrogen) atoms. The molecular formula is C9H10O4. The van der Waals surface area contributed by atoms with Gasteiger partial charge < -0.3 is 4.74 Å². The molecule has 0 fully saturated rings. The molecular weight excluding hydrogens is 172 g/mol. The van der Waals surface area contributed by atoms with Crippen LogP contribution in [0, 0.1) is 0 Å². The van der Waals surface area contributed by atoms with Gasteiger partial charge in [-0.1, -0.05) is 0 Å². The van der Waals surface area contributed by atoms with Crippen LogP contribution in [-0.4, -0.2) is 20.2 Å². The van der Waals surface area contributed by atoms with Crippen molar-refractivity contribution in [2.75, 3.05) is 14.2 Å². The summed E-state index contributed by atoms with van der Waals surface area (Å²) < 4.78 is 4.93. The first-order valence-electron chi connectivity index (χ1n) is 3.67. The first-order chi connectivity index (χ1) is 6.27. The Kier molecular flexibility index (Phi) is 3.28. The number of hydrogen-bond acceptors (Lipinski definition) is 4. The molecule has 70 valence electrons. The molecule has 0 saturated heterocycles. The normalized spacial score (nSPS) is 9.38. The van der Waals surface area contributed by atoms with E-state index in [4.69, 9.17) is 4.74 Å². The molecule has 0 amide bonds. The van der Waals surface area contributed by atoms with Crippen LogP contribution in [0.5, 0.6) is 5.75 Å². The summed E-state index contributed by atoms with van der Waals surface area (Å²) in [7, 11) is 2.84. The molecule has 0 bridgehead atoms. The maximum absolute atomic E-state index is 11.1. The van der Waals surface area contributed by atoms with Crippen LogP contribution in [0.3, 0.4) is 0 Å². The third-order valence-corrected chi connectivity index (χ3v) is 1.48. The van der Waals surface area contributed by atoms with Crippen LogP contribution >= 0.6 is 0 Å².